The van der Waals surface area contributed by atoms with Crippen molar-refractivity contribution in [1.29, 1.82) is 5.26 Å². The first-order valence-corrected chi connectivity index (χ1v) is 4.71. The average Bonchev–Trinajstić information content (AvgIpc) is 2.15. The van der Waals surface area contributed by atoms with E-state index in [4.69, 9.17) is 15.7 Å². The van der Waals surface area contributed by atoms with Crippen LogP contribution in [0.5, 0.6) is 0 Å². The van der Waals surface area contributed by atoms with E-state index < -0.39 is 5.91 Å². The van der Waals surface area contributed by atoms with Crippen LogP contribution in [0, 0.1) is 11.3 Å². The van der Waals surface area contributed by atoms with Crippen LogP contribution in [-0.4, -0.2) is 32.2 Å². The van der Waals surface area contributed by atoms with Gasteiger partial charge in [0.2, 0.25) is 5.91 Å². The summed E-state index contributed by atoms with van der Waals surface area (Å²) in [6, 6.07) is 2.09. The molecule has 0 aromatic rings. The van der Waals surface area contributed by atoms with Crippen molar-refractivity contribution in [2.24, 2.45) is 5.73 Å². The molecule has 0 heterocycles. The van der Waals surface area contributed by atoms with Crippen LogP contribution >= 0.6 is 0 Å². The number of nitrogens with one attached hydrogen (secondary N) is 1. The number of hydrogen-bond donors (Lipinski definition) is 2. The summed E-state index contributed by atoms with van der Waals surface area (Å²) in [5, 5.41) is 11.4. The molecule has 0 aromatic carbocycles. The zero-order valence-corrected chi connectivity index (χ0v) is 8.29. The highest BCUT2D eigenvalue weighted by molar-refractivity contribution is 5.74. The lowest BCUT2D eigenvalue weighted by molar-refractivity contribution is -0.122. The Labute approximate surface area is 84.2 Å². The standard InChI is InChI=1S/C9H17N3O2/c10-4-2-1-3-5-12-6-7-14-8-9(11)13/h12H,1-3,5-8H2,(H2,11,13). The SMILES string of the molecule is N#CCCCCNCCOCC(N)=O. The maximum Gasteiger partial charge on any atom is 0.243 e. The topological polar surface area (TPSA) is 88.1 Å². The van der Waals surface area contributed by atoms with Gasteiger partial charge in [-0.2, -0.15) is 5.26 Å². The molecule has 14 heavy (non-hydrogen) atoms. The summed E-state index contributed by atoms with van der Waals surface area (Å²) < 4.78 is 4.93. The van der Waals surface area contributed by atoms with Crippen LogP contribution in [0.2, 0.25) is 0 Å². The molecule has 5 heteroatoms. The number of amides is 1. The highest BCUT2D eigenvalue weighted by Crippen LogP contribution is 1.90. The Morgan fingerprint density at radius 3 is 2.86 bits per heavy atom. The minimum absolute atomic E-state index is 0.0177. The molecule has 5 nitrogen and oxygen atoms in total. The number of unbranched alkanes of at least 4 members (excludes halogenated alkanes) is 2. The Kier molecular flexibility index (Phi) is 9.17. The van der Waals surface area contributed by atoms with Gasteiger partial charge in [0.25, 0.3) is 0 Å². The van der Waals surface area contributed by atoms with Gasteiger partial charge in [-0.05, 0) is 19.4 Å². The van der Waals surface area contributed by atoms with Crippen molar-refractivity contribution < 1.29 is 9.53 Å². The predicted octanol–water partition coefficient (Wildman–Crippen LogP) is -0.228. The molecule has 80 valence electrons. The predicted molar refractivity (Wildman–Crippen MR) is 52.3 cm³/mol. The van der Waals surface area contributed by atoms with E-state index in [1.54, 1.807) is 0 Å². The lowest BCUT2D eigenvalue weighted by Crippen LogP contribution is -2.24. The molecule has 1 amide bonds. The number of hydrogen-bond acceptors (Lipinski definition) is 4. The molecule has 0 radical (unpaired) electrons. The van der Waals surface area contributed by atoms with Crippen molar-refractivity contribution in [1.82, 2.24) is 5.32 Å². The second-order valence-electron chi connectivity index (χ2n) is 2.88. The summed E-state index contributed by atoms with van der Waals surface area (Å²) in [6.07, 6.45) is 2.52. The van der Waals surface area contributed by atoms with Crippen molar-refractivity contribution in [2.75, 3.05) is 26.3 Å². The Hall–Kier alpha value is -1.12. The summed E-state index contributed by atoms with van der Waals surface area (Å²) in [5.74, 6) is -0.445. The third-order valence-corrected chi connectivity index (χ3v) is 1.56. The maximum atomic E-state index is 10.3. The summed E-state index contributed by atoms with van der Waals surface area (Å²) in [4.78, 5) is 10.3. The molecular formula is C9H17N3O2. The number of carbonyl (C=O) groups is 1. The number of ether oxygens (including phenoxy) is 1. The number of carbonyl (C=O) groups excluding carboxylic acids is 1. The van der Waals surface area contributed by atoms with Crippen molar-refractivity contribution in [3.8, 4) is 6.07 Å². The lowest BCUT2D eigenvalue weighted by atomic mass is 10.2. The van der Waals surface area contributed by atoms with Gasteiger partial charge in [-0.15, -0.1) is 0 Å². The summed E-state index contributed by atoms with van der Waals surface area (Å²) in [5.41, 5.74) is 4.87. The minimum Gasteiger partial charge on any atom is -0.370 e. The van der Waals surface area contributed by atoms with E-state index in [0.717, 1.165) is 19.4 Å². The second-order valence-corrected chi connectivity index (χ2v) is 2.88. The van der Waals surface area contributed by atoms with E-state index in [1.807, 2.05) is 0 Å². The van der Waals surface area contributed by atoms with E-state index >= 15 is 0 Å². The highest BCUT2D eigenvalue weighted by Gasteiger charge is 1.93. The zero-order valence-electron chi connectivity index (χ0n) is 8.29. The van der Waals surface area contributed by atoms with Gasteiger partial charge in [0.15, 0.2) is 0 Å². The van der Waals surface area contributed by atoms with Gasteiger partial charge in [0.05, 0.1) is 12.7 Å². The molecule has 0 rings (SSSR count). The summed E-state index contributed by atoms with van der Waals surface area (Å²) in [7, 11) is 0. The Balaban J connectivity index is 2.93. The fourth-order valence-corrected chi connectivity index (χ4v) is 0.896. The number of nitriles is 1. The monoisotopic (exact) mass is 199 g/mol. The molecule has 0 unspecified atom stereocenters. The first-order chi connectivity index (χ1) is 6.77. The van der Waals surface area contributed by atoms with E-state index in [0.29, 0.717) is 19.6 Å². The molecule has 0 aromatic heterocycles. The first kappa shape index (κ1) is 12.9. The molecular weight excluding hydrogens is 182 g/mol. The fourth-order valence-electron chi connectivity index (χ4n) is 0.896. The van der Waals surface area contributed by atoms with E-state index in [2.05, 4.69) is 11.4 Å². The highest BCUT2D eigenvalue weighted by atomic mass is 16.5. The summed E-state index contributed by atoms with van der Waals surface area (Å²) in [6.45, 7) is 2.05. The van der Waals surface area contributed by atoms with Crippen molar-refractivity contribution in [3.63, 3.8) is 0 Å². The van der Waals surface area contributed by atoms with Gasteiger partial charge in [0, 0.05) is 13.0 Å². The fraction of sp³-hybridized carbons (Fsp3) is 0.778. The van der Waals surface area contributed by atoms with Gasteiger partial charge >= 0.3 is 0 Å². The number of nitrogens with two attached hydrogens (primary N) is 1. The van der Waals surface area contributed by atoms with Crippen LogP contribution in [-0.2, 0) is 9.53 Å². The molecule has 0 atom stereocenters. The number of rotatable bonds is 9. The number of primary amides is 1. The Morgan fingerprint density at radius 2 is 2.21 bits per heavy atom. The van der Waals surface area contributed by atoms with Gasteiger partial charge in [-0.1, -0.05) is 0 Å². The molecule has 0 aliphatic rings. The molecule has 0 aliphatic carbocycles. The van der Waals surface area contributed by atoms with Crippen LogP contribution < -0.4 is 11.1 Å². The lowest BCUT2D eigenvalue weighted by Gasteiger charge is -2.03. The van der Waals surface area contributed by atoms with E-state index in [9.17, 15) is 4.79 Å². The van der Waals surface area contributed by atoms with Crippen LogP contribution in [0.25, 0.3) is 0 Å². The Morgan fingerprint density at radius 1 is 1.43 bits per heavy atom. The molecule has 0 aliphatic heterocycles. The van der Waals surface area contributed by atoms with Gasteiger partial charge in [-0.25, -0.2) is 0 Å². The van der Waals surface area contributed by atoms with E-state index in [1.165, 1.54) is 0 Å². The van der Waals surface area contributed by atoms with Gasteiger partial charge in [0.1, 0.15) is 6.61 Å². The van der Waals surface area contributed by atoms with Crippen LogP contribution in [0.3, 0.4) is 0 Å². The molecule has 0 fully saturated rings. The van der Waals surface area contributed by atoms with Gasteiger partial charge in [-0.3, -0.25) is 4.79 Å². The van der Waals surface area contributed by atoms with Crippen molar-refractivity contribution in [2.45, 2.75) is 19.3 Å². The molecule has 3 N–H and O–H groups in total. The van der Waals surface area contributed by atoms with Crippen LogP contribution in [0.1, 0.15) is 19.3 Å². The molecule has 0 saturated heterocycles. The molecule has 0 saturated carbocycles. The van der Waals surface area contributed by atoms with E-state index in [-0.39, 0.29) is 6.61 Å². The average molecular weight is 199 g/mol. The minimum atomic E-state index is -0.445. The van der Waals surface area contributed by atoms with Crippen molar-refractivity contribution in [3.05, 3.63) is 0 Å². The Bertz CT molecular complexity index is 189. The largest absolute Gasteiger partial charge is 0.370 e. The molecule has 0 bridgehead atoms. The normalized spacial score (nSPS) is 9.64. The summed E-state index contributed by atoms with van der Waals surface area (Å²) >= 11 is 0. The molecule has 0 spiro atoms. The zero-order chi connectivity index (χ0) is 10.6. The quantitative estimate of drug-likeness (QED) is 0.502. The third kappa shape index (κ3) is 10.9. The third-order valence-electron chi connectivity index (χ3n) is 1.56. The van der Waals surface area contributed by atoms with Crippen LogP contribution in [0.4, 0.5) is 0 Å². The maximum absolute atomic E-state index is 10.3. The first-order valence-electron chi connectivity index (χ1n) is 4.71. The second kappa shape index (κ2) is 9.96. The van der Waals surface area contributed by atoms with Crippen LogP contribution in [0.15, 0.2) is 0 Å². The van der Waals surface area contributed by atoms with Crippen molar-refractivity contribution >= 4 is 5.91 Å². The smallest absolute Gasteiger partial charge is 0.243 e. The number of nitrogens with zero attached hydrogens (tertiary/aromatic N) is 1. The van der Waals surface area contributed by atoms with Gasteiger partial charge < -0.3 is 15.8 Å².